The summed E-state index contributed by atoms with van der Waals surface area (Å²) >= 11 is 5.52. The molecule has 2 N–H and O–H groups in total. The van der Waals surface area contributed by atoms with E-state index in [0.29, 0.717) is 5.56 Å². The zero-order chi connectivity index (χ0) is 16.1. The number of amidine groups is 1. The number of nitrogens with two attached hydrogens (primary N) is 1. The lowest BCUT2D eigenvalue weighted by atomic mass is 10.0. The second kappa shape index (κ2) is 6.82. The van der Waals surface area contributed by atoms with Crippen LogP contribution in [0.1, 0.15) is 15.9 Å². The Morgan fingerprint density at radius 1 is 1.18 bits per heavy atom. The van der Waals surface area contributed by atoms with E-state index in [1.165, 1.54) is 18.2 Å². The monoisotopic (exact) mass is 317 g/mol. The molecule has 0 unspecified atom stereocenters. The molecule has 0 aliphatic heterocycles. The predicted octanol–water partition coefficient (Wildman–Crippen LogP) is 3.05. The second-order valence-corrected chi connectivity index (χ2v) is 4.66. The number of carbonyl (C=O) groups excluding carboxylic acids is 1. The number of hydrogen-bond donors (Lipinski definition) is 1. The van der Waals surface area contributed by atoms with Crippen molar-refractivity contribution >= 4 is 34.6 Å². The number of aliphatic imine (C=N–C) groups is 1. The number of nitro groups is 1. The van der Waals surface area contributed by atoms with Crippen LogP contribution in [0, 0.1) is 10.1 Å². The van der Waals surface area contributed by atoms with Crippen LogP contribution >= 0.6 is 11.6 Å². The predicted molar refractivity (Wildman–Crippen MR) is 85.0 cm³/mol. The third kappa shape index (κ3) is 3.48. The number of hydrogen-bond acceptors (Lipinski definition) is 4. The van der Waals surface area contributed by atoms with E-state index in [0.717, 1.165) is 0 Å². The van der Waals surface area contributed by atoms with Crippen LogP contribution in [0.4, 0.5) is 11.4 Å². The standard InChI is InChI=1S/C15H12ClN3O3/c16-9-14(17)18-12-7-6-11(8-13(12)19(21)22)15(20)10-4-2-1-3-5-10/h1-8H,9H2,(H2,17,18). The van der Waals surface area contributed by atoms with Gasteiger partial charge >= 0.3 is 0 Å². The normalized spacial score (nSPS) is 11.2. The topological polar surface area (TPSA) is 98.6 Å². The van der Waals surface area contributed by atoms with E-state index in [-0.39, 0.29) is 34.4 Å². The van der Waals surface area contributed by atoms with Crippen LogP contribution in [0.3, 0.4) is 0 Å². The molecule has 2 rings (SSSR count). The minimum absolute atomic E-state index is 0.0398. The molecule has 0 saturated carbocycles. The summed E-state index contributed by atoms with van der Waals surface area (Å²) in [5, 5.41) is 11.2. The molecule has 0 heterocycles. The van der Waals surface area contributed by atoms with E-state index in [4.69, 9.17) is 17.3 Å². The number of ketones is 1. The average Bonchev–Trinajstić information content (AvgIpc) is 2.55. The molecule has 0 aliphatic rings. The van der Waals surface area contributed by atoms with Gasteiger partial charge in [-0.25, -0.2) is 4.99 Å². The van der Waals surface area contributed by atoms with E-state index in [1.54, 1.807) is 30.3 Å². The molecule has 0 bridgehead atoms. The van der Waals surface area contributed by atoms with Crippen molar-refractivity contribution in [3.8, 4) is 0 Å². The van der Waals surface area contributed by atoms with Gasteiger partial charge in [0.05, 0.1) is 10.8 Å². The molecule has 7 heteroatoms. The highest BCUT2D eigenvalue weighted by atomic mass is 35.5. The molecule has 0 spiro atoms. The zero-order valence-electron chi connectivity index (χ0n) is 11.4. The van der Waals surface area contributed by atoms with E-state index < -0.39 is 4.92 Å². The molecular formula is C15H12ClN3O3. The summed E-state index contributed by atoms with van der Waals surface area (Å²) in [7, 11) is 0. The SMILES string of the molecule is NC(CCl)=Nc1ccc(C(=O)c2ccccc2)cc1[N+](=O)[O-]. The number of alkyl halides is 1. The van der Waals surface area contributed by atoms with Gasteiger partial charge in [-0.2, -0.15) is 0 Å². The lowest BCUT2D eigenvalue weighted by Gasteiger charge is -2.04. The van der Waals surface area contributed by atoms with Gasteiger partial charge < -0.3 is 5.73 Å². The molecular weight excluding hydrogens is 306 g/mol. The van der Waals surface area contributed by atoms with Crippen LogP contribution in [-0.4, -0.2) is 22.4 Å². The minimum Gasteiger partial charge on any atom is -0.386 e. The van der Waals surface area contributed by atoms with Gasteiger partial charge in [0.2, 0.25) is 0 Å². The maximum Gasteiger partial charge on any atom is 0.295 e. The molecule has 0 fully saturated rings. The van der Waals surface area contributed by atoms with Crippen molar-refractivity contribution in [1.82, 2.24) is 0 Å². The number of halogens is 1. The van der Waals surface area contributed by atoms with Gasteiger partial charge in [0.15, 0.2) is 5.78 Å². The molecule has 22 heavy (non-hydrogen) atoms. The Labute approximate surface area is 131 Å². The third-order valence-corrected chi connectivity index (χ3v) is 3.15. The van der Waals surface area contributed by atoms with Crippen LogP contribution in [0.2, 0.25) is 0 Å². The molecule has 0 aromatic heterocycles. The fourth-order valence-corrected chi connectivity index (χ4v) is 1.91. The summed E-state index contributed by atoms with van der Waals surface area (Å²) in [5.74, 6) is -0.279. The zero-order valence-corrected chi connectivity index (χ0v) is 12.2. The summed E-state index contributed by atoms with van der Waals surface area (Å²) in [6, 6.07) is 12.6. The van der Waals surface area contributed by atoms with Crippen molar-refractivity contribution < 1.29 is 9.72 Å². The van der Waals surface area contributed by atoms with E-state index in [2.05, 4.69) is 4.99 Å². The van der Waals surface area contributed by atoms with Gasteiger partial charge in [0, 0.05) is 17.2 Å². The number of rotatable bonds is 5. The first-order valence-electron chi connectivity index (χ1n) is 6.30. The second-order valence-electron chi connectivity index (χ2n) is 4.39. The van der Waals surface area contributed by atoms with Crippen molar-refractivity contribution in [2.24, 2.45) is 10.7 Å². The van der Waals surface area contributed by atoms with E-state index in [1.807, 2.05) is 0 Å². The van der Waals surface area contributed by atoms with Gasteiger partial charge in [-0.3, -0.25) is 14.9 Å². The fourth-order valence-electron chi connectivity index (χ4n) is 1.85. The Kier molecular flexibility index (Phi) is 4.85. The number of carbonyl (C=O) groups is 1. The Morgan fingerprint density at radius 2 is 1.86 bits per heavy atom. The van der Waals surface area contributed by atoms with Crippen molar-refractivity contribution in [3.05, 3.63) is 69.8 Å². The maximum absolute atomic E-state index is 12.3. The van der Waals surface area contributed by atoms with E-state index >= 15 is 0 Å². The summed E-state index contributed by atoms with van der Waals surface area (Å²) in [6.07, 6.45) is 0. The van der Waals surface area contributed by atoms with E-state index in [9.17, 15) is 14.9 Å². The Bertz CT molecular complexity index is 745. The first-order chi connectivity index (χ1) is 10.5. The largest absolute Gasteiger partial charge is 0.386 e. The van der Waals surface area contributed by atoms with Gasteiger partial charge in [0.1, 0.15) is 11.5 Å². The van der Waals surface area contributed by atoms with Gasteiger partial charge in [-0.15, -0.1) is 11.6 Å². The Morgan fingerprint density at radius 3 is 2.45 bits per heavy atom. The number of benzene rings is 2. The van der Waals surface area contributed by atoms with Crippen LogP contribution < -0.4 is 5.73 Å². The smallest absolute Gasteiger partial charge is 0.295 e. The highest BCUT2D eigenvalue weighted by Gasteiger charge is 2.18. The van der Waals surface area contributed by atoms with Gasteiger partial charge in [0.25, 0.3) is 5.69 Å². The molecule has 0 saturated heterocycles. The molecule has 0 radical (unpaired) electrons. The van der Waals surface area contributed by atoms with Crippen molar-refractivity contribution in [3.63, 3.8) is 0 Å². The van der Waals surface area contributed by atoms with Crippen LogP contribution in [0.25, 0.3) is 0 Å². The first-order valence-corrected chi connectivity index (χ1v) is 6.83. The quantitative estimate of drug-likeness (QED) is 0.229. The highest BCUT2D eigenvalue weighted by Crippen LogP contribution is 2.29. The minimum atomic E-state index is -0.609. The molecule has 0 atom stereocenters. The lowest BCUT2D eigenvalue weighted by molar-refractivity contribution is -0.384. The Hall–Kier alpha value is -2.73. The summed E-state index contributed by atoms with van der Waals surface area (Å²) < 4.78 is 0. The number of nitro benzene ring substituents is 1. The molecule has 0 aliphatic carbocycles. The first kappa shape index (κ1) is 15.7. The van der Waals surface area contributed by atoms with Gasteiger partial charge in [-0.1, -0.05) is 30.3 Å². The molecule has 112 valence electrons. The third-order valence-electron chi connectivity index (χ3n) is 2.87. The van der Waals surface area contributed by atoms with Crippen LogP contribution in [0.15, 0.2) is 53.5 Å². The van der Waals surface area contributed by atoms with Gasteiger partial charge in [-0.05, 0) is 12.1 Å². The summed E-state index contributed by atoms with van der Waals surface area (Å²) in [5.41, 5.74) is 5.92. The maximum atomic E-state index is 12.3. The van der Waals surface area contributed by atoms with Crippen molar-refractivity contribution in [2.45, 2.75) is 0 Å². The summed E-state index contributed by atoms with van der Waals surface area (Å²) in [4.78, 5) is 26.7. The van der Waals surface area contributed by atoms with Crippen LogP contribution in [-0.2, 0) is 0 Å². The molecule has 2 aromatic carbocycles. The fraction of sp³-hybridized carbons (Fsp3) is 0.0667. The summed E-state index contributed by atoms with van der Waals surface area (Å²) in [6.45, 7) is 0. The molecule has 0 amide bonds. The number of nitrogens with zero attached hydrogens (tertiary/aromatic N) is 2. The van der Waals surface area contributed by atoms with Crippen molar-refractivity contribution in [2.75, 3.05) is 5.88 Å². The average molecular weight is 318 g/mol. The van der Waals surface area contributed by atoms with Crippen molar-refractivity contribution in [1.29, 1.82) is 0 Å². The highest BCUT2D eigenvalue weighted by molar-refractivity contribution is 6.28. The molecule has 6 nitrogen and oxygen atoms in total. The molecule has 2 aromatic rings. The lowest BCUT2D eigenvalue weighted by Crippen LogP contribution is -2.12. The van der Waals surface area contributed by atoms with Crippen LogP contribution in [0.5, 0.6) is 0 Å². The Balaban J connectivity index is 2.46.